The number of hydrogen-bond acceptors (Lipinski definition) is 4. The van der Waals surface area contributed by atoms with Gasteiger partial charge in [0, 0.05) is 43.5 Å². The molecule has 0 saturated carbocycles. The van der Waals surface area contributed by atoms with Crippen molar-refractivity contribution in [1.82, 2.24) is 14.5 Å². The number of nitrogens with zero attached hydrogens (tertiary/aromatic N) is 4. The molecule has 1 fully saturated rings. The van der Waals surface area contributed by atoms with Gasteiger partial charge in [0.15, 0.2) is 0 Å². The van der Waals surface area contributed by atoms with Crippen molar-refractivity contribution in [1.29, 1.82) is 0 Å². The minimum absolute atomic E-state index is 0.131. The highest BCUT2D eigenvalue weighted by molar-refractivity contribution is 5.39. The number of anilines is 1. The van der Waals surface area contributed by atoms with Crippen molar-refractivity contribution in [3.8, 4) is 0 Å². The predicted octanol–water partition coefficient (Wildman–Crippen LogP) is 1.57. The van der Waals surface area contributed by atoms with Crippen LogP contribution < -0.4 is 10.5 Å². The first-order chi connectivity index (χ1) is 10.2. The number of aryl methyl sites for hydroxylation is 1. The molecule has 0 aromatic carbocycles. The minimum Gasteiger partial charge on any atom is -0.354 e. The SMILES string of the molecule is Cc1cncc(N2CC3CC(C2)c2cccc(=O)n2C3)n1. The van der Waals surface area contributed by atoms with Crippen molar-refractivity contribution in [2.75, 3.05) is 18.0 Å². The summed E-state index contributed by atoms with van der Waals surface area (Å²) in [5.74, 6) is 1.88. The zero-order valence-corrected chi connectivity index (χ0v) is 12.1. The van der Waals surface area contributed by atoms with E-state index in [1.165, 1.54) is 12.1 Å². The molecule has 4 rings (SSSR count). The summed E-state index contributed by atoms with van der Waals surface area (Å²) >= 11 is 0. The lowest BCUT2D eigenvalue weighted by atomic mass is 9.83. The zero-order valence-electron chi connectivity index (χ0n) is 12.1. The normalized spacial score (nSPS) is 23.8. The third-order valence-electron chi connectivity index (χ3n) is 4.55. The van der Waals surface area contributed by atoms with E-state index in [1.807, 2.05) is 23.8 Å². The zero-order chi connectivity index (χ0) is 14.4. The molecule has 5 nitrogen and oxygen atoms in total. The van der Waals surface area contributed by atoms with E-state index in [2.05, 4.69) is 20.9 Å². The Hall–Kier alpha value is -2.17. The third kappa shape index (κ3) is 2.13. The van der Waals surface area contributed by atoms with E-state index in [0.717, 1.165) is 31.1 Å². The first kappa shape index (κ1) is 12.6. The van der Waals surface area contributed by atoms with Crippen LogP contribution in [0.3, 0.4) is 0 Å². The van der Waals surface area contributed by atoms with Crippen LogP contribution in [0.1, 0.15) is 23.7 Å². The molecular formula is C16H18N4O. The van der Waals surface area contributed by atoms with Crippen LogP contribution in [0.5, 0.6) is 0 Å². The van der Waals surface area contributed by atoms with Crippen molar-refractivity contribution in [3.63, 3.8) is 0 Å². The Labute approximate surface area is 123 Å². The maximum Gasteiger partial charge on any atom is 0.250 e. The number of aromatic nitrogens is 3. The van der Waals surface area contributed by atoms with E-state index in [4.69, 9.17) is 0 Å². The topological polar surface area (TPSA) is 51.0 Å². The fourth-order valence-electron chi connectivity index (χ4n) is 3.69. The van der Waals surface area contributed by atoms with Crippen molar-refractivity contribution in [2.45, 2.75) is 25.8 Å². The van der Waals surface area contributed by atoms with Crippen LogP contribution in [0.25, 0.3) is 0 Å². The van der Waals surface area contributed by atoms with Crippen LogP contribution in [0.4, 0.5) is 5.82 Å². The molecule has 0 aliphatic carbocycles. The number of piperidine rings is 1. The molecule has 5 heteroatoms. The van der Waals surface area contributed by atoms with Gasteiger partial charge in [-0.05, 0) is 25.3 Å². The van der Waals surface area contributed by atoms with Crippen LogP contribution in [-0.2, 0) is 6.54 Å². The Morgan fingerprint density at radius 2 is 2.10 bits per heavy atom. The number of rotatable bonds is 1. The first-order valence-electron chi connectivity index (χ1n) is 7.44. The molecule has 2 aromatic heterocycles. The second-order valence-electron chi connectivity index (χ2n) is 6.12. The molecule has 2 unspecified atom stereocenters. The maximum absolute atomic E-state index is 12.0. The monoisotopic (exact) mass is 282 g/mol. The lowest BCUT2D eigenvalue weighted by Crippen LogP contribution is -2.47. The molecule has 2 aliphatic rings. The second-order valence-corrected chi connectivity index (χ2v) is 6.12. The standard InChI is InChI=1S/C16H18N4O/c1-11-6-17-7-15(18-11)19-8-12-5-13(10-19)14-3-2-4-16(21)20(14)9-12/h2-4,6-7,12-13H,5,8-10H2,1H3. The molecule has 108 valence electrons. The minimum atomic E-state index is 0.131. The van der Waals surface area contributed by atoms with Gasteiger partial charge in [0.05, 0.1) is 11.9 Å². The average Bonchev–Trinajstić information content (AvgIpc) is 2.48. The largest absolute Gasteiger partial charge is 0.354 e. The second kappa shape index (κ2) is 4.69. The van der Waals surface area contributed by atoms with Gasteiger partial charge in [-0.25, -0.2) is 4.98 Å². The molecule has 0 N–H and O–H groups in total. The molecule has 2 bridgehead atoms. The summed E-state index contributed by atoms with van der Waals surface area (Å²) in [5, 5.41) is 0. The molecule has 0 spiro atoms. The Bertz CT molecular complexity index is 739. The average molecular weight is 282 g/mol. The number of hydrogen-bond donors (Lipinski definition) is 0. The Kier molecular flexibility index (Phi) is 2.80. The van der Waals surface area contributed by atoms with E-state index in [9.17, 15) is 4.79 Å². The van der Waals surface area contributed by atoms with Crippen LogP contribution in [0.2, 0.25) is 0 Å². The van der Waals surface area contributed by atoms with E-state index < -0.39 is 0 Å². The predicted molar refractivity (Wildman–Crippen MR) is 80.5 cm³/mol. The summed E-state index contributed by atoms with van der Waals surface area (Å²) in [5.41, 5.74) is 2.25. The molecular weight excluding hydrogens is 264 g/mol. The molecule has 21 heavy (non-hydrogen) atoms. The van der Waals surface area contributed by atoms with E-state index in [-0.39, 0.29) is 5.56 Å². The van der Waals surface area contributed by atoms with Crippen molar-refractivity contribution in [2.24, 2.45) is 5.92 Å². The van der Waals surface area contributed by atoms with Crippen LogP contribution in [-0.4, -0.2) is 27.6 Å². The van der Waals surface area contributed by atoms with Gasteiger partial charge in [-0.15, -0.1) is 0 Å². The van der Waals surface area contributed by atoms with Crippen molar-refractivity contribution >= 4 is 5.82 Å². The third-order valence-corrected chi connectivity index (χ3v) is 4.55. The highest BCUT2D eigenvalue weighted by Gasteiger charge is 2.34. The quantitative estimate of drug-likeness (QED) is 0.796. The maximum atomic E-state index is 12.0. The Morgan fingerprint density at radius 3 is 2.95 bits per heavy atom. The highest BCUT2D eigenvalue weighted by atomic mass is 16.1. The Morgan fingerprint density at radius 1 is 1.19 bits per heavy atom. The van der Waals surface area contributed by atoms with Gasteiger partial charge in [0.25, 0.3) is 5.56 Å². The van der Waals surface area contributed by atoms with Gasteiger partial charge in [-0.2, -0.15) is 0 Å². The van der Waals surface area contributed by atoms with E-state index in [0.29, 0.717) is 11.8 Å². The number of pyridine rings is 1. The van der Waals surface area contributed by atoms with Gasteiger partial charge in [0.1, 0.15) is 5.82 Å². The summed E-state index contributed by atoms with van der Waals surface area (Å²) in [6.07, 6.45) is 4.79. The molecule has 1 saturated heterocycles. The Balaban J connectivity index is 1.70. The van der Waals surface area contributed by atoms with Gasteiger partial charge in [-0.3, -0.25) is 9.78 Å². The lowest BCUT2D eigenvalue weighted by molar-refractivity contribution is 0.280. The van der Waals surface area contributed by atoms with E-state index in [1.54, 1.807) is 12.3 Å². The number of fused-ring (bicyclic) bond motifs is 4. The molecule has 2 aromatic rings. The molecule has 0 radical (unpaired) electrons. The van der Waals surface area contributed by atoms with E-state index >= 15 is 0 Å². The molecule has 2 atom stereocenters. The summed E-state index contributed by atoms with van der Waals surface area (Å²) in [4.78, 5) is 23.2. The lowest BCUT2D eigenvalue weighted by Gasteiger charge is -2.43. The van der Waals surface area contributed by atoms with Crippen LogP contribution in [0.15, 0.2) is 35.4 Å². The smallest absolute Gasteiger partial charge is 0.250 e. The highest BCUT2D eigenvalue weighted by Crippen LogP contribution is 2.36. The van der Waals surface area contributed by atoms with Gasteiger partial charge in [0.2, 0.25) is 0 Å². The molecule has 2 aliphatic heterocycles. The summed E-state index contributed by atoms with van der Waals surface area (Å²) in [6.45, 7) is 4.66. The molecule has 0 amide bonds. The van der Waals surface area contributed by atoms with Gasteiger partial charge < -0.3 is 9.47 Å². The summed E-state index contributed by atoms with van der Waals surface area (Å²) in [7, 11) is 0. The summed E-state index contributed by atoms with van der Waals surface area (Å²) in [6, 6.07) is 5.63. The first-order valence-corrected chi connectivity index (χ1v) is 7.44. The van der Waals surface area contributed by atoms with Gasteiger partial charge in [-0.1, -0.05) is 6.07 Å². The molecule has 4 heterocycles. The van der Waals surface area contributed by atoms with Crippen molar-refractivity contribution < 1.29 is 0 Å². The van der Waals surface area contributed by atoms with Crippen LogP contribution in [0, 0.1) is 12.8 Å². The van der Waals surface area contributed by atoms with Gasteiger partial charge >= 0.3 is 0 Å². The van der Waals surface area contributed by atoms with Crippen LogP contribution >= 0.6 is 0 Å². The summed E-state index contributed by atoms with van der Waals surface area (Å²) < 4.78 is 1.96. The fraction of sp³-hybridized carbons (Fsp3) is 0.438. The van der Waals surface area contributed by atoms with Crippen molar-refractivity contribution in [3.05, 3.63) is 52.3 Å². The fourth-order valence-corrected chi connectivity index (χ4v) is 3.69.